The summed E-state index contributed by atoms with van der Waals surface area (Å²) in [4.78, 5) is 15.5. The van der Waals surface area contributed by atoms with E-state index in [1.165, 1.54) is 0 Å². The van der Waals surface area contributed by atoms with Crippen LogP contribution in [0.3, 0.4) is 0 Å². The molecular formula is C22H23N7O2. The zero-order valence-electron chi connectivity index (χ0n) is 17.6. The normalized spacial score (nSPS) is 11.6. The number of hydrogen-bond donors (Lipinski definition) is 2. The van der Waals surface area contributed by atoms with Gasteiger partial charge < -0.3 is 5.11 Å². The van der Waals surface area contributed by atoms with Gasteiger partial charge in [-0.3, -0.25) is 4.79 Å². The topological polar surface area (TPSA) is 122 Å². The minimum atomic E-state index is -0.942. The minimum Gasteiger partial charge on any atom is -0.481 e. The van der Waals surface area contributed by atoms with Crippen LogP contribution in [0.5, 0.6) is 0 Å². The molecule has 0 radical (unpaired) electrons. The van der Waals surface area contributed by atoms with Crippen molar-refractivity contribution in [1.29, 1.82) is 0 Å². The van der Waals surface area contributed by atoms with Crippen LogP contribution in [0.1, 0.15) is 38.0 Å². The van der Waals surface area contributed by atoms with Crippen LogP contribution >= 0.6 is 0 Å². The second-order valence-electron chi connectivity index (χ2n) is 8.31. The second-order valence-corrected chi connectivity index (χ2v) is 8.31. The van der Waals surface area contributed by atoms with Crippen molar-refractivity contribution in [2.24, 2.45) is 0 Å². The minimum absolute atomic E-state index is 0.193. The summed E-state index contributed by atoms with van der Waals surface area (Å²) in [6.07, 6.45) is -0.193. The Morgan fingerprint density at radius 2 is 1.77 bits per heavy atom. The van der Waals surface area contributed by atoms with Gasteiger partial charge in [-0.25, -0.2) is 9.67 Å². The highest BCUT2D eigenvalue weighted by Crippen LogP contribution is 2.30. The van der Waals surface area contributed by atoms with E-state index in [-0.39, 0.29) is 11.8 Å². The summed E-state index contributed by atoms with van der Waals surface area (Å²) in [6.45, 7) is 6.62. The van der Waals surface area contributed by atoms with Crippen molar-refractivity contribution in [1.82, 2.24) is 35.4 Å². The highest BCUT2D eigenvalue weighted by molar-refractivity contribution is 5.80. The van der Waals surface area contributed by atoms with Crippen LogP contribution in [0.25, 0.3) is 22.5 Å². The number of aromatic nitrogens is 7. The number of benzene rings is 2. The SMILES string of the molecule is CC(C)(C)c1nc(CC(=O)O)nn1Cc1ccc(-c2ccccc2-c2nn[nH]n2)cc1. The van der Waals surface area contributed by atoms with E-state index in [4.69, 9.17) is 5.11 Å². The van der Waals surface area contributed by atoms with E-state index in [2.05, 4.69) is 30.7 Å². The lowest BCUT2D eigenvalue weighted by atomic mass is 9.95. The predicted molar refractivity (Wildman–Crippen MR) is 114 cm³/mol. The summed E-state index contributed by atoms with van der Waals surface area (Å²) in [5.74, 6) is 0.684. The first-order chi connectivity index (χ1) is 14.8. The first-order valence-electron chi connectivity index (χ1n) is 9.89. The highest BCUT2D eigenvalue weighted by atomic mass is 16.4. The van der Waals surface area contributed by atoms with Crippen molar-refractivity contribution in [3.05, 3.63) is 65.7 Å². The molecule has 2 heterocycles. The number of carbonyl (C=O) groups is 1. The molecule has 4 rings (SSSR count). The zero-order valence-corrected chi connectivity index (χ0v) is 17.6. The van der Waals surface area contributed by atoms with Crippen molar-refractivity contribution in [2.75, 3.05) is 0 Å². The Balaban J connectivity index is 1.62. The smallest absolute Gasteiger partial charge is 0.311 e. The van der Waals surface area contributed by atoms with Gasteiger partial charge in [-0.2, -0.15) is 10.3 Å². The third-order valence-electron chi connectivity index (χ3n) is 4.81. The standard InChI is InChI=1S/C22H23N7O2/c1-22(2,3)21-23-18(12-19(30)31)26-29(21)13-14-8-10-15(11-9-14)16-6-4-5-7-17(16)20-24-27-28-25-20/h4-11H,12-13H2,1-3H3,(H,30,31)(H,24,25,27,28). The molecule has 0 saturated carbocycles. The molecule has 0 fully saturated rings. The van der Waals surface area contributed by atoms with Gasteiger partial charge in [0.15, 0.2) is 5.82 Å². The van der Waals surface area contributed by atoms with Crippen molar-refractivity contribution in [3.63, 3.8) is 0 Å². The van der Waals surface area contributed by atoms with E-state index in [9.17, 15) is 4.79 Å². The number of hydrogen-bond acceptors (Lipinski definition) is 6. The molecule has 9 heteroatoms. The van der Waals surface area contributed by atoms with Crippen LogP contribution in [0.15, 0.2) is 48.5 Å². The van der Waals surface area contributed by atoms with Crippen LogP contribution < -0.4 is 0 Å². The van der Waals surface area contributed by atoms with Gasteiger partial charge in [-0.15, -0.1) is 10.2 Å². The molecule has 0 atom stereocenters. The van der Waals surface area contributed by atoms with Gasteiger partial charge in [0.05, 0.1) is 6.54 Å². The lowest BCUT2D eigenvalue weighted by molar-refractivity contribution is -0.136. The van der Waals surface area contributed by atoms with E-state index < -0.39 is 5.97 Å². The fourth-order valence-corrected chi connectivity index (χ4v) is 3.43. The molecular weight excluding hydrogens is 394 g/mol. The number of nitrogens with one attached hydrogen (secondary N) is 1. The number of carboxylic acid groups (broad SMARTS) is 1. The van der Waals surface area contributed by atoms with Gasteiger partial charge in [-0.1, -0.05) is 69.3 Å². The molecule has 4 aromatic rings. The van der Waals surface area contributed by atoms with E-state index in [0.29, 0.717) is 18.2 Å². The molecule has 0 saturated heterocycles. The summed E-state index contributed by atoms with van der Waals surface area (Å²) < 4.78 is 1.79. The van der Waals surface area contributed by atoms with E-state index in [0.717, 1.165) is 28.1 Å². The number of rotatable bonds is 6. The van der Waals surface area contributed by atoms with Crippen LogP contribution in [-0.4, -0.2) is 46.5 Å². The number of nitrogens with zero attached hydrogens (tertiary/aromatic N) is 6. The Hall–Kier alpha value is -3.88. The lowest BCUT2D eigenvalue weighted by Gasteiger charge is -2.18. The summed E-state index contributed by atoms with van der Waals surface area (Å²) >= 11 is 0. The predicted octanol–water partition coefficient (Wildman–Crippen LogP) is 3.10. The molecule has 0 aliphatic carbocycles. The maximum Gasteiger partial charge on any atom is 0.311 e. The molecule has 2 aromatic heterocycles. The van der Waals surface area contributed by atoms with Gasteiger partial charge in [0.2, 0.25) is 5.82 Å². The van der Waals surface area contributed by atoms with Crippen molar-refractivity contribution in [2.45, 2.75) is 39.2 Å². The first kappa shape index (κ1) is 20.4. The monoisotopic (exact) mass is 417 g/mol. The van der Waals surface area contributed by atoms with Crippen LogP contribution in [0.4, 0.5) is 0 Å². The summed E-state index contributed by atoms with van der Waals surface area (Å²) in [5, 5.41) is 27.9. The third-order valence-corrected chi connectivity index (χ3v) is 4.81. The maximum absolute atomic E-state index is 11.1. The number of aromatic amines is 1. The Labute approximate surface area is 179 Å². The Kier molecular flexibility index (Phi) is 5.33. The third kappa shape index (κ3) is 4.50. The van der Waals surface area contributed by atoms with Crippen molar-refractivity contribution in [3.8, 4) is 22.5 Å². The molecule has 9 nitrogen and oxygen atoms in total. The molecule has 2 aromatic carbocycles. The fraction of sp³-hybridized carbons (Fsp3) is 0.273. The average molecular weight is 417 g/mol. The highest BCUT2D eigenvalue weighted by Gasteiger charge is 2.24. The number of tetrazole rings is 1. The van der Waals surface area contributed by atoms with Gasteiger partial charge in [-0.05, 0) is 21.9 Å². The van der Waals surface area contributed by atoms with Crippen LogP contribution in [0.2, 0.25) is 0 Å². The summed E-state index contributed by atoms with van der Waals surface area (Å²) in [6, 6.07) is 16.1. The second kappa shape index (κ2) is 8.10. The van der Waals surface area contributed by atoms with Gasteiger partial charge in [0.1, 0.15) is 12.2 Å². The molecule has 0 unspecified atom stereocenters. The molecule has 158 valence electrons. The maximum atomic E-state index is 11.1. The molecule has 31 heavy (non-hydrogen) atoms. The summed E-state index contributed by atoms with van der Waals surface area (Å²) in [7, 11) is 0. The Morgan fingerprint density at radius 1 is 1.06 bits per heavy atom. The number of carboxylic acids is 1. The molecule has 2 N–H and O–H groups in total. The molecule has 0 amide bonds. The number of aliphatic carboxylic acids is 1. The Bertz CT molecular complexity index is 1190. The van der Waals surface area contributed by atoms with Crippen molar-refractivity contribution < 1.29 is 9.90 Å². The van der Waals surface area contributed by atoms with E-state index >= 15 is 0 Å². The molecule has 0 aliphatic heterocycles. The fourth-order valence-electron chi connectivity index (χ4n) is 3.43. The van der Waals surface area contributed by atoms with Gasteiger partial charge >= 0.3 is 5.97 Å². The van der Waals surface area contributed by atoms with Gasteiger partial charge in [0, 0.05) is 11.0 Å². The van der Waals surface area contributed by atoms with E-state index in [1.54, 1.807) is 4.68 Å². The summed E-state index contributed by atoms with van der Waals surface area (Å²) in [5.41, 5.74) is 3.72. The van der Waals surface area contributed by atoms with E-state index in [1.807, 2.05) is 69.3 Å². The average Bonchev–Trinajstić information content (AvgIpc) is 3.38. The zero-order chi connectivity index (χ0) is 22.0. The van der Waals surface area contributed by atoms with Gasteiger partial charge in [0.25, 0.3) is 0 Å². The van der Waals surface area contributed by atoms with Crippen molar-refractivity contribution >= 4 is 5.97 Å². The molecule has 0 aliphatic rings. The Morgan fingerprint density at radius 3 is 2.39 bits per heavy atom. The number of H-pyrrole nitrogens is 1. The first-order valence-corrected chi connectivity index (χ1v) is 9.89. The van der Waals surface area contributed by atoms with Crippen LogP contribution in [-0.2, 0) is 23.2 Å². The largest absolute Gasteiger partial charge is 0.481 e. The molecule has 0 bridgehead atoms. The lowest BCUT2D eigenvalue weighted by Crippen LogP contribution is -2.20. The molecule has 0 spiro atoms. The van der Waals surface area contributed by atoms with Crippen LogP contribution in [0, 0.1) is 0 Å². The quantitative estimate of drug-likeness (QED) is 0.494.